The number of nitro benzene ring substituents is 1. The smallest absolute Gasteiger partial charge is 0.274 e. The maximum atomic E-state index is 13.3. The molecule has 1 amide bonds. The van der Waals surface area contributed by atoms with E-state index < -0.39 is 10.7 Å². The van der Waals surface area contributed by atoms with E-state index in [4.69, 9.17) is 4.74 Å². The largest absolute Gasteiger partial charge is 0.494 e. The van der Waals surface area contributed by atoms with Crippen LogP contribution in [0.3, 0.4) is 0 Å². The Bertz CT molecular complexity index is 764. The lowest BCUT2D eigenvalue weighted by atomic mass is 10.1. The summed E-state index contributed by atoms with van der Waals surface area (Å²) in [7, 11) is 0. The molecule has 0 bridgehead atoms. The van der Waals surface area contributed by atoms with Crippen LogP contribution in [-0.2, 0) is 17.8 Å². The molecule has 0 saturated heterocycles. The van der Waals surface area contributed by atoms with Gasteiger partial charge in [-0.25, -0.2) is 4.39 Å². The van der Waals surface area contributed by atoms with Gasteiger partial charge in [-0.1, -0.05) is 18.2 Å². The number of ether oxygens (including phenoxy) is 1. The number of aryl methyl sites for hydroxylation is 1. The molecule has 0 radical (unpaired) electrons. The second kappa shape index (κ2) is 8.77. The van der Waals surface area contributed by atoms with Crippen LogP contribution in [0.5, 0.6) is 5.75 Å². The minimum atomic E-state index is -0.598. The van der Waals surface area contributed by atoms with E-state index in [9.17, 15) is 19.3 Å². The molecule has 0 aliphatic carbocycles. The predicted molar refractivity (Wildman–Crippen MR) is 90.8 cm³/mol. The van der Waals surface area contributed by atoms with Gasteiger partial charge < -0.3 is 10.1 Å². The maximum Gasteiger partial charge on any atom is 0.274 e. The van der Waals surface area contributed by atoms with Gasteiger partial charge in [0.1, 0.15) is 11.6 Å². The maximum absolute atomic E-state index is 13.3. The van der Waals surface area contributed by atoms with Gasteiger partial charge in [0.15, 0.2) is 0 Å². The van der Waals surface area contributed by atoms with E-state index in [1.54, 1.807) is 0 Å². The fourth-order valence-corrected chi connectivity index (χ4v) is 2.41. The number of amides is 1. The van der Waals surface area contributed by atoms with E-state index in [1.165, 1.54) is 0 Å². The van der Waals surface area contributed by atoms with Gasteiger partial charge in [-0.15, -0.1) is 0 Å². The first-order valence-electron chi connectivity index (χ1n) is 7.91. The van der Waals surface area contributed by atoms with Gasteiger partial charge in [0.05, 0.1) is 17.1 Å². The highest BCUT2D eigenvalue weighted by molar-refractivity contribution is 5.76. The lowest BCUT2D eigenvalue weighted by Gasteiger charge is -2.10. The molecule has 0 aliphatic heterocycles. The van der Waals surface area contributed by atoms with Gasteiger partial charge in [0.2, 0.25) is 5.91 Å². The summed E-state index contributed by atoms with van der Waals surface area (Å²) in [6.07, 6.45) is 0.681. The van der Waals surface area contributed by atoms with Crippen molar-refractivity contribution in [3.8, 4) is 5.75 Å². The number of nitro groups is 1. The minimum absolute atomic E-state index is 0.0972. The van der Waals surface area contributed by atoms with Crippen molar-refractivity contribution in [3.05, 3.63) is 69.5 Å². The Labute approximate surface area is 144 Å². The fraction of sp³-hybridized carbons (Fsp3) is 0.278. The number of nitrogens with zero attached hydrogens (tertiary/aromatic N) is 1. The van der Waals surface area contributed by atoms with E-state index >= 15 is 0 Å². The summed E-state index contributed by atoms with van der Waals surface area (Å²) >= 11 is 0. The summed E-state index contributed by atoms with van der Waals surface area (Å²) in [6, 6.07) is 10.6. The molecule has 0 spiro atoms. The van der Waals surface area contributed by atoms with Crippen molar-refractivity contribution in [3.63, 3.8) is 0 Å². The first-order valence-corrected chi connectivity index (χ1v) is 7.91. The third-order valence-electron chi connectivity index (χ3n) is 3.61. The van der Waals surface area contributed by atoms with E-state index in [0.717, 1.165) is 29.5 Å². The molecule has 0 heterocycles. The Morgan fingerprint density at radius 3 is 2.72 bits per heavy atom. The number of nitrogens with one attached hydrogen (secondary N) is 1. The number of hydrogen-bond acceptors (Lipinski definition) is 4. The van der Waals surface area contributed by atoms with Crippen molar-refractivity contribution in [2.45, 2.75) is 26.3 Å². The highest BCUT2D eigenvalue weighted by Gasteiger charge is 2.15. The number of benzene rings is 2. The highest BCUT2D eigenvalue weighted by Crippen LogP contribution is 2.21. The standard InChI is InChI=1S/C18H19FN2O4/c1-2-25-17-6-4-3-5-13(17)7-10-18(22)20-12-14-11-15(19)8-9-16(14)21(23)24/h3-6,8-9,11H,2,7,10,12H2,1H3,(H,20,22). The molecule has 132 valence electrons. The summed E-state index contributed by atoms with van der Waals surface area (Å²) in [6.45, 7) is 2.32. The third-order valence-corrected chi connectivity index (χ3v) is 3.61. The van der Waals surface area contributed by atoms with Gasteiger partial charge in [0.25, 0.3) is 5.69 Å². The number of carbonyl (C=O) groups excluding carboxylic acids is 1. The summed E-state index contributed by atoms with van der Waals surface area (Å²) in [5.74, 6) is -0.121. The minimum Gasteiger partial charge on any atom is -0.494 e. The second-order valence-electron chi connectivity index (χ2n) is 5.35. The number of para-hydroxylation sites is 1. The van der Waals surface area contributed by atoms with Gasteiger partial charge in [-0.05, 0) is 37.1 Å². The molecule has 0 aliphatic rings. The van der Waals surface area contributed by atoms with Gasteiger partial charge in [-0.3, -0.25) is 14.9 Å². The summed E-state index contributed by atoms with van der Waals surface area (Å²) in [5, 5.41) is 13.5. The molecule has 0 saturated carbocycles. The summed E-state index contributed by atoms with van der Waals surface area (Å²) in [5.41, 5.74) is 0.827. The Balaban J connectivity index is 1.94. The molecular formula is C18H19FN2O4. The second-order valence-corrected chi connectivity index (χ2v) is 5.35. The molecule has 0 atom stereocenters. The lowest BCUT2D eigenvalue weighted by Crippen LogP contribution is -2.23. The summed E-state index contributed by atoms with van der Waals surface area (Å²) < 4.78 is 18.8. The molecule has 2 rings (SSSR count). The predicted octanol–water partition coefficient (Wildman–Crippen LogP) is 3.38. The van der Waals surface area contributed by atoms with Crippen molar-refractivity contribution < 1.29 is 18.8 Å². The van der Waals surface area contributed by atoms with Crippen LogP contribution in [0.2, 0.25) is 0 Å². The molecule has 2 aromatic rings. The zero-order chi connectivity index (χ0) is 18.2. The van der Waals surface area contributed by atoms with Crippen LogP contribution in [0.25, 0.3) is 0 Å². The van der Waals surface area contributed by atoms with Gasteiger partial charge in [0, 0.05) is 19.0 Å². The molecule has 1 N–H and O–H groups in total. The van der Waals surface area contributed by atoms with E-state index in [1.807, 2.05) is 31.2 Å². The first kappa shape index (κ1) is 18.4. The zero-order valence-corrected chi connectivity index (χ0v) is 13.8. The average Bonchev–Trinajstić information content (AvgIpc) is 2.59. The number of hydrogen-bond donors (Lipinski definition) is 1. The topological polar surface area (TPSA) is 81.5 Å². The van der Waals surface area contributed by atoms with Crippen LogP contribution >= 0.6 is 0 Å². The number of halogens is 1. The molecular weight excluding hydrogens is 327 g/mol. The van der Waals surface area contributed by atoms with Crippen molar-refractivity contribution >= 4 is 11.6 Å². The van der Waals surface area contributed by atoms with Crippen LogP contribution in [-0.4, -0.2) is 17.4 Å². The Kier molecular flexibility index (Phi) is 6.45. The fourth-order valence-electron chi connectivity index (χ4n) is 2.41. The lowest BCUT2D eigenvalue weighted by molar-refractivity contribution is -0.385. The number of carbonyl (C=O) groups is 1. The highest BCUT2D eigenvalue weighted by atomic mass is 19.1. The quantitative estimate of drug-likeness (QED) is 0.587. The van der Waals surface area contributed by atoms with Crippen LogP contribution in [0.15, 0.2) is 42.5 Å². The normalized spacial score (nSPS) is 10.3. The van der Waals surface area contributed by atoms with Crippen molar-refractivity contribution in [2.75, 3.05) is 6.61 Å². The monoisotopic (exact) mass is 346 g/mol. The van der Waals surface area contributed by atoms with Crippen molar-refractivity contribution in [2.24, 2.45) is 0 Å². The third kappa shape index (κ3) is 5.27. The Morgan fingerprint density at radius 1 is 1.24 bits per heavy atom. The van der Waals surface area contributed by atoms with Crippen LogP contribution < -0.4 is 10.1 Å². The Morgan fingerprint density at radius 2 is 2.00 bits per heavy atom. The number of rotatable bonds is 8. The summed E-state index contributed by atoms with van der Waals surface area (Å²) in [4.78, 5) is 22.4. The van der Waals surface area contributed by atoms with Crippen LogP contribution in [0.4, 0.5) is 10.1 Å². The Hall–Kier alpha value is -2.96. The van der Waals surface area contributed by atoms with E-state index in [-0.39, 0.29) is 30.1 Å². The molecule has 25 heavy (non-hydrogen) atoms. The SMILES string of the molecule is CCOc1ccccc1CCC(=O)NCc1cc(F)ccc1[N+](=O)[O-]. The molecule has 0 unspecified atom stereocenters. The van der Waals surface area contributed by atoms with Crippen LogP contribution in [0, 0.1) is 15.9 Å². The molecule has 0 aromatic heterocycles. The van der Waals surface area contributed by atoms with E-state index in [0.29, 0.717) is 13.0 Å². The van der Waals surface area contributed by atoms with Crippen molar-refractivity contribution in [1.82, 2.24) is 5.32 Å². The molecule has 0 fully saturated rings. The van der Waals surface area contributed by atoms with Crippen molar-refractivity contribution in [1.29, 1.82) is 0 Å². The molecule has 7 heteroatoms. The zero-order valence-electron chi connectivity index (χ0n) is 13.8. The average molecular weight is 346 g/mol. The first-order chi connectivity index (χ1) is 12.0. The molecule has 2 aromatic carbocycles. The van der Waals surface area contributed by atoms with Gasteiger partial charge >= 0.3 is 0 Å². The van der Waals surface area contributed by atoms with Crippen LogP contribution in [0.1, 0.15) is 24.5 Å². The van der Waals surface area contributed by atoms with Gasteiger partial charge in [-0.2, -0.15) is 0 Å². The van der Waals surface area contributed by atoms with E-state index in [2.05, 4.69) is 5.32 Å². The molecule has 6 nitrogen and oxygen atoms in total.